The first-order valence-electron chi connectivity index (χ1n) is 28.9. The Morgan fingerprint density at radius 3 is 1.88 bits per heavy atom. The number of esters is 1. The molecule has 20 nitrogen and oxygen atoms in total. The van der Waals surface area contributed by atoms with E-state index in [4.69, 9.17) is 14.2 Å². The number of likely N-dealkylation sites (N-methyl/N-ethyl adjacent to an activating group) is 2. The van der Waals surface area contributed by atoms with Crippen LogP contribution >= 0.6 is 0 Å². The lowest BCUT2D eigenvalue weighted by Crippen LogP contribution is -2.60. The van der Waals surface area contributed by atoms with Crippen molar-refractivity contribution < 1.29 is 57.4 Å². The smallest absolute Gasteiger partial charge is 0.329 e. The van der Waals surface area contributed by atoms with Gasteiger partial charge < -0.3 is 34.6 Å². The van der Waals surface area contributed by atoms with Crippen LogP contribution in [-0.2, 0) is 64.0 Å². The predicted molar refractivity (Wildman–Crippen MR) is 307 cm³/mol. The normalized spacial score (nSPS) is 17.7. The molecule has 2 aliphatic heterocycles. The van der Waals surface area contributed by atoms with E-state index in [1.54, 1.807) is 30.8 Å². The van der Waals surface area contributed by atoms with Crippen molar-refractivity contribution in [2.24, 2.45) is 23.7 Å². The predicted octanol–water partition coefficient (Wildman–Crippen LogP) is 5.45. The fourth-order valence-corrected chi connectivity index (χ4v) is 11.0. The largest absolute Gasteiger partial charge is 0.459 e. The molecule has 20 heteroatoms. The molecule has 8 amide bonds. The molecule has 0 aliphatic carbocycles. The average molecular weight is 1130 g/mol. The van der Waals surface area contributed by atoms with E-state index in [2.05, 4.69) is 21.5 Å². The lowest BCUT2D eigenvalue weighted by molar-refractivity contribution is -0.151. The number of amides is 8. The minimum atomic E-state index is -1.02. The van der Waals surface area contributed by atoms with E-state index >= 15 is 0 Å². The molecule has 2 heterocycles. The highest BCUT2D eigenvalue weighted by molar-refractivity contribution is 6.12. The third-order valence-electron chi connectivity index (χ3n) is 15.9. The fourth-order valence-electron chi connectivity index (χ4n) is 11.0. The van der Waals surface area contributed by atoms with Gasteiger partial charge in [0, 0.05) is 65.3 Å². The fraction of sp³-hybridized carbons (Fsp3) is 0.623. The Labute approximate surface area is 480 Å². The van der Waals surface area contributed by atoms with Crippen LogP contribution in [-0.4, -0.2) is 163 Å². The molecule has 4 N–H and O–H groups in total. The zero-order chi connectivity index (χ0) is 59.9. The van der Waals surface area contributed by atoms with Crippen LogP contribution in [0.4, 0.5) is 0 Å². The average Bonchev–Trinajstić information content (AvgIpc) is 4.07. The molecule has 1 fully saturated rings. The van der Waals surface area contributed by atoms with Crippen molar-refractivity contribution in [3.05, 3.63) is 83.9 Å². The number of likely N-dealkylation sites (tertiary alicyclic amines) is 1. The molecular formula is C61H92N8O12. The number of hydrogen-bond donors (Lipinski definition) is 4. The summed E-state index contributed by atoms with van der Waals surface area (Å²) in [6.07, 6.45) is 5.13. The third-order valence-corrected chi connectivity index (χ3v) is 15.9. The Morgan fingerprint density at radius 1 is 0.716 bits per heavy atom. The van der Waals surface area contributed by atoms with Crippen molar-refractivity contribution in [2.45, 2.75) is 175 Å². The van der Waals surface area contributed by atoms with E-state index in [0.717, 1.165) is 16.0 Å². The summed E-state index contributed by atoms with van der Waals surface area (Å²) in [6.45, 7) is 16.3. The second-order valence-electron chi connectivity index (χ2n) is 22.4. The molecule has 0 aromatic heterocycles. The van der Waals surface area contributed by atoms with Gasteiger partial charge in [0.15, 0.2) is 0 Å². The summed E-state index contributed by atoms with van der Waals surface area (Å²) in [5, 5.41) is 6.05. The van der Waals surface area contributed by atoms with Crippen molar-refractivity contribution in [2.75, 3.05) is 47.9 Å². The highest BCUT2D eigenvalue weighted by Gasteiger charge is 2.44. The third kappa shape index (κ3) is 19.6. The maximum absolute atomic E-state index is 14.7. The minimum absolute atomic E-state index is 0.0402. The number of methoxy groups -OCH3 is 2. The van der Waals surface area contributed by atoms with Gasteiger partial charge >= 0.3 is 5.97 Å². The highest BCUT2D eigenvalue weighted by atomic mass is 16.5. The van der Waals surface area contributed by atoms with Crippen LogP contribution in [0.3, 0.4) is 0 Å². The van der Waals surface area contributed by atoms with Crippen LogP contribution in [0.15, 0.2) is 72.8 Å². The summed E-state index contributed by atoms with van der Waals surface area (Å²) in [5.41, 5.74) is 6.53. The van der Waals surface area contributed by atoms with Crippen LogP contribution in [0.2, 0.25) is 0 Å². The number of carbonyl (C=O) groups excluding carboxylic acids is 9. The zero-order valence-corrected chi connectivity index (χ0v) is 49.9. The molecule has 448 valence electrons. The van der Waals surface area contributed by atoms with Crippen molar-refractivity contribution in [3.8, 4) is 0 Å². The van der Waals surface area contributed by atoms with E-state index in [1.165, 1.54) is 26.4 Å². The SMILES string of the molecule is CCC(C)C(C(CC(=O)N1CCCC1C(OC)C(C)C(=O)NC(C(=O)OCc1ccccc1)C(C)c1ccccc1)OC)N(C)C(=O)C(NC(=O)C(C(C)C)N(C)CCCC(=O)NNC(=O)CCCCCN1C(=O)C=CC1=O)C(C)C. The number of ether oxygens (including phenoxy) is 3. The maximum Gasteiger partial charge on any atom is 0.329 e. The number of nitrogens with one attached hydrogen (secondary N) is 4. The molecular weight excluding hydrogens is 1040 g/mol. The van der Waals surface area contributed by atoms with Gasteiger partial charge in [-0.3, -0.25) is 59.0 Å². The Kier molecular flexibility index (Phi) is 27.6. The Balaban J connectivity index is 1.36. The van der Waals surface area contributed by atoms with Crippen LogP contribution < -0.4 is 21.5 Å². The van der Waals surface area contributed by atoms with Gasteiger partial charge in [0.05, 0.1) is 42.7 Å². The molecule has 2 aromatic carbocycles. The molecule has 1 saturated heterocycles. The van der Waals surface area contributed by atoms with Gasteiger partial charge in [-0.2, -0.15) is 0 Å². The molecule has 81 heavy (non-hydrogen) atoms. The highest BCUT2D eigenvalue weighted by Crippen LogP contribution is 2.31. The zero-order valence-electron chi connectivity index (χ0n) is 49.9. The number of rotatable bonds is 33. The number of hydrogen-bond acceptors (Lipinski definition) is 13. The van der Waals surface area contributed by atoms with Crippen molar-refractivity contribution in [1.82, 2.24) is 41.1 Å². The summed E-state index contributed by atoms with van der Waals surface area (Å²) in [7, 11) is 6.51. The van der Waals surface area contributed by atoms with Gasteiger partial charge in [0.1, 0.15) is 18.7 Å². The molecule has 0 saturated carbocycles. The number of carbonyl (C=O) groups is 9. The quantitative estimate of drug-likeness (QED) is 0.0301. The van der Waals surface area contributed by atoms with Crippen molar-refractivity contribution in [1.29, 1.82) is 0 Å². The second kappa shape index (κ2) is 33.4. The molecule has 0 spiro atoms. The summed E-state index contributed by atoms with van der Waals surface area (Å²) >= 11 is 0. The minimum Gasteiger partial charge on any atom is -0.459 e. The number of imide groups is 1. The van der Waals surface area contributed by atoms with Gasteiger partial charge in [0.25, 0.3) is 11.8 Å². The lowest BCUT2D eigenvalue weighted by atomic mass is 9.89. The Hall–Kier alpha value is -6.51. The van der Waals surface area contributed by atoms with Gasteiger partial charge in [-0.25, -0.2) is 4.79 Å². The van der Waals surface area contributed by atoms with Gasteiger partial charge in [0.2, 0.25) is 35.4 Å². The van der Waals surface area contributed by atoms with Crippen LogP contribution in [0.5, 0.6) is 0 Å². The van der Waals surface area contributed by atoms with Gasteiger partial charge in [-0.15, -0.1) is 0 Å². The first-order chi connectivity index (χ1) is 38.6. The maximum atomic E-state index is 14.7. The first kappa shape index (κ1) is 67.0. The lowest BCUT2D eigenvalue weighted by Gasteiger charge is -2.41. The van der Waals surface area contributed by atoms with Crippen LogP contribution in [0.25, 0.3) is 0 Å². The monoisotopic (exact) mass is 1130 g/mol. The Bertz CT molecular complexity index is 2410. The van der Waals surface area contributed by atoms with E-state index in [9.17, 15) is 43.2 Å². The summed E-state index contributed by atoms with van der Waals surface area (Å²) < 4.78 is 17.9. The van der Waals surface area contributed by atoms with Gasteiger partial charge in [-0.05, 0) is 74.6 Å². The molecule has 10 atom stereocenters. The number of nitrogens with zero attached hydrogens (tertiary/aromatic N) is 4. The summed E-state index contributed by atoms with van der Waals surface area (Å²) in [5.74, 6) is -5.19. The van der Waals surface area contributed by atoms with E-state index in [1.807, 2.05) is 114 Å². The first-order valence-corrected chi connectivity index (χ1v) is 28.9. The standard InChI is InChI=1S/C61H92N8O12/c1-13-41(6)56(67(10)60(77)53(39(2)3)62-59(76)55(40(4)5)66(9)34-24-31-49(71)65-64-48(70)30-21-16-22-35-69-50(72)32-33-51(69)73)47(79-11)37-52(74)68-36-23-29-46(68)57(80-12)43(8)58(75)63-54(42(7)45-27-19-15-20-28-45)61(78)81-38-44-25-17-14-18-26-44/h14-15,17-20,25-28,32-33,39-43,46-47,53-57H,13,16,21-24,29-31,34-38H2,1-12H3,(H,62,76)(H,63,75)(H,64,70)(H,65,71). The molecule has 0 bridgehead atoms. The van der Waals surface area contributed by atoms with Gasteiger partial charge in [-0.1, -0.05) is 129 Å². The topological polar surface area (TPSA) is 242 Å². The van der Waals surface area contributed by atoms with Crippen LogP contribution in [0, 0.1) is 23.7 Å². The molecule has 4 rings (SSSR count). The Morgan fingerprint density at radius 2 is 1.31 bits per heavy atom. The molecule has 0 radical (unpaired) electrons. The molecule has 2 aromatic rings. The van der Waals surface area contributed by atoms with Crippen LogP contribution in [0.1, 0.15) is 137 Å². The molecule has 10 unspecified atom stereocenters. The van der Waals surface area contributed by atoms with Crippen molar-refractivity contribution in [3.63, 3.8) is 0 Å². The van der Waals surface area contributed by atoms with E-state index in [-0.39, 0.29) is 85.6 Å². The second-order valence-corrected chi connectivity index (χ2v) is 22.4. The summed E-state index contributed by atoms with van der Waals surface area (Å²) in [6, 6.07) is 15.1. The number of benzene rings is 2. The number of hydrazine groups is 1. The van der Waals surface area contributed by atoms with E-state index in [0.29, 0.717) is 58.0 Å². The summed E-state index contributed by atoms with van der Waals surface area (Å²) in [4.78, 5) is 126. The van der Waals surface area contributed by atoms with E-state index < -0.39 is 72.0 Å². The van der Waals surface area contributed by atoms with Crippen molar-refractivity contribution >= 4 is 53.2 Å². The molecule has 2 aliphatic rings. The number of unbranched alkanes of at least 4 members (excludes halogenated alkanes) is 2.